The summed E-state index contributed by atoms with van der Waals surface area (Å²) < 4.78 is 53.9. The molecule has 1 unspecified atom stereocenters. The largest absolute Gasteiger partial charge is 0.466 e. The SMILES string of the molecule is COC(=O)C1=C(c2ccc(C(F)(F)F)cc2)S(=O)SC1. The molecule has 0 bridgehead atoms. The van der Waals surface area contributed by atoms with Gasteiger partial charge < -0.3 is 4.74 Å². The van der Waals surface area contributed by atoms with E-state index in [9.17, 15) is 22.2 Å². The lowest BCUT2D eigenvalue weighted by atomic mass is 10.1. The van der Waals surface area contributed by atoms with Crippen molar-refractivity contribution in [1.82, 2.24) is 0 Å². The molecule has 108 valence electrons. The normalized spacial score (nSPS) is 19.3. The molecule has 3 nitrogen and oxygen atoms in total. The van der Waals surface area contributed by atoms with E-state index in [0.717, 1.165) is 22.9 Å². The zero-order valence-corrected chi connectivity index (χ0v) is 11.8. The summed E-state index contributed by atoms with van der Waals surface area (Å²) in [5.74, 6) is -0.395. The van der Waals surface area contributed by atoms with E-state index in [4.69, 9.17) is 0 Å². The van der Waals surface area contributed by atoms with E-state index >= 15 is 0 Å². The Morgan fingerprint density at radius 2 is 1.90 bits per heavy atom. The van der Waals surface area contributed by atoms with Crippen molar-refractivity contribution >= 4 is 31.5 Å². The number of methoxy groups -OCH3 is 1. The lowest BCUT2D eigenvalue weighted by molar-refractivity contribution is -0.138. The minimum Gasteiger partial charge on any atom is -0.466 e. The Morgan fingerprint density at radius 1 is 1.30 bits per heavy atom. The molecule has 1 atom stereocenters. The molecule has 0 fully saturated rings. The molecule has 0 aliphatic carbocycles. The van der Waals surface area contributed by atoms with E-state index in [1.807, 2.05) is 0 Å². The number of rotatable bonds is 2. The highest BCUT2D eigenvalue weighted by Gasteiger charge is 2.32. The van der Waals surface area contributed by atoms with E-state index < -0.39 is 27.5 Å². The molecule has 1 aromatic carbocycles. The number of hydrogen-bond donors (Lipinski definition) is 0. The van der Waals surface area contributed by atoms with Gasteiger partial charge in [-0.1, -0.05) is 22.9 Å². The van der Waals surface area contributed by atoms with Gasteiger partial charge in [-0.25, -0.2) is 9.00 Å². The van der Waals surface area contributed by atoms with Crippen molar-refractivity contribution in [2.24, 2.45) is 0 Å². The molecular weight excluding hydrogens is 313 g/mol. The third-order valence-corrected chi connectivity index (χ3v) is 5.59. The van der Waals surface area contributed by atoms with Crippen LogP contribution >= 0.6 is 10.8 Å². The first-order valence-corrected chi connectivity index (χ1v) is 8.04. The summed E-state index contributed by atoms with van der Waals surface area (Å²) in [6.45, 7) is 0. The fraction of sp³-hybridized carbons (Fsp3) is 0.250. The third-order valence-electron chi connectivity index (χ3n) is 2.66. The first-order chi connectivity index (χ1) is 9.34. The number of esters is 1. The van der Waals surface area contributed by atoms with E-state index in [0.29, 0.717) is 5.56 Å². The van der Waals surface area contributed by atoms with Crippen molar-refractivity contribution in [2.45, 2.75) is 6.18 Å². The summed E-state index contributed by atoms with van der Waals surface area (Å²) in [5.41, 5.74) is -0.227. The fourth-order valence-electron chi connectivity index (χ4n) is 1.69. The highest BCUT2D eigenvalue weighted by molar-refractivity contribution is 8.73. The molecule has 1 aromatic rings. The summed E-state index contributed by atoms with van der Waals surface area (Å²) in [5, 5.41) is 0. The molecule has 0 aromatic heterocycles. The molecule has 1 aliphatic heterocycles. The topological polar surface area (TPSA) is 43.4 Å². The van der Waals surface area contributed by atoms with Crippen molar-refractivity contribution in [1.29, 1.82) is 0 Å². The van der Waals surface area contributed by atoms with Crippen LogP contribution in [-0.2, 0) is 25.5 Å². The van der Waals surface area contributed by atoms with Gasteiger partial charge in [-0.3, -0.25) is 0 Å². The molecular formula is C12H9F3O3S2. The average Bonchev–Trinajstić information content (AvgIpc) is 2.79. The monoisotopic (exact) mass is 322 g/mol. The highest BCUT2D eigenvalue weighted by Crippen LogP contribution is 2.39. The minimum absolute atomic E-state index is 0.218. The van der Waals surface area contributed by atoms with E-state index in [2.05, 4.69) is 4.74 Å². The Kier molecular flexibility index (Phi) is 4.24. The Morgan fingerprint density at radius 3 is 2.40 bits per heavy atom. The van der Waals surface area contributed by atoms with Gasteiger partial charge >= 0.3 is 12.1 Å². The van der Waals surface area contributed by atoms with Crippen molar-refractivity contribution in [2.75, 3.05) is 12.9 Å². The fourth-order valence-corrected chi connectivity index (χ4v) is 4.69. The van der Waals surface area contributed by atoms with Crippen molar-refractivity contribution in [3.05, 3.63) is 41.0 Å². The van der Waals surface area contributed by atoms with E-state index in [1.54, 1.807) is 0 Å². The summed E-state index contributed by atoms with van der Waals surface area (Å²) in [6.07, 6.45) is -4.43. The first kappa shape index (κ1) is 15.1. The number of carbonyl (C=O) groups excluding carboxylic acids is 1. The maximum atomic E-state index is 12.5. The van der Waals surface area contributed by atoms with Gasteiger partial charge in [0, 0.05) is 5.75 Å². The van der Waals surface area contributed by atoms with Crippen LogP contribution in [0.2, 0.25) is 0 Å². The number of halogens is 3. The van der Waals surface area contributed by atoms with Crippen LogP contribution in [0.3, 0.4) is 0 Å². The van der Waals surface area contributed by atoms with Gasteiger partial charge in [0.2, 0.25) is 0 Å². The summed E-state index contributed by atoms with van der Waals surface area (Å²) in [6, 6.07) is 4.23. The number of ether oxygens (including phenoxy) is 1. The molecule has 8 heteroatoms. The van der Waals surface area contributed by atoms with Crippen LogP contribution in [0, 0.1) is 0 Å². The van der Waals surface area contributed by atoms with Gasteiger partial charge in [-0.15, -0.1) is 0 Å². The molecule has 1 aliphatic rings. The second-order valence-corrected chi connectivity index (χ2v) is 6.89. The van der Waals surface area contributed by atoms with Gasteiger partial charge in [0.1, 0.15) is 9.83 Å². The summed E-state index contributed by atoms with van der Waals surface area (Å²) >= 11 is 0. The number of hydrogen-bond acceptors (Lipinski definition) is 4. The van der Waals surface area contributed by atoms with Gasteiger partial charge in [0.15, 0.2) is 0 Å². The van der Waals surface area contributed by atoms with Crippen molar-refractivity contribution in [3.63, 3.8) is 0 Å². The maximum absolute atomic E-state index is 12.5. The van der Waals surface area contributed by atoms with Gasteiger partial charge in [-0.05, 0) is 17.7 Å². The average molecular weight is 322 g/mol. The van der Waals surface area contributed by atoms with Crippen LogP contribution in [0.4, 0.5) is 13.2 Å². The van der Waals surface area contributed by atoms with E-state index in [-0.39, 0.29) is 16.2 Å². The van der Waals surface area contributed by atoms with Gasteiger partial charge in [0.05, 0.1) is 23.2 Å². The first-order valence-electron chi connectivity index (χ1n) is 5.38. The Labute approximate surface area is 119 Å². The molecule has 2 rings (SSSR count). The lowest BCUT2D eigenvalue weighted by Gasteiger charge is -2.08. The predicted molar refractivity (Wildman–Crippen MR) is 71.0 cm³/mol. The van der Waals surface area contributed by atoms with Crippen LogP contribution in [0.1, 0.15) is 11.1 Å². The van der Waals surface area contributed by atoms with E-state index in [1.165, 1.54) is 19.2 Å². The molecule has 0 saturated carbocycles. The quantitative estimate of drug-likeness (QED) is 0.620. The zero-order chi connectivity index (χ0) is 14.9. The summed E-state index contributed by atoms with van der Waals surface area (Å²) in [4.78, 5) is 11.8. The second kappa shape index (κ2) is 5.61. The third kappa shape index (κ3) is 2.90. The standard InChI is InChI=1S/C12H9F3O3S2/c1-18-11(16)9-6-19-20(17)10(9)7-2-4-8(5-3-7)12(13,14)15/h2-5H,6H2,1H3. The highest BCUT2D eigenvalue weighted by atomic mass is 33.1. The van der Waals surface area contributed by atoms with Gasteiger partial charge in [-0.2, -0.15) is 13.2 Å². The molecule has 0 amide bonds. The number of benzene rings is 1. The molecule has 0 spiro atoms. The van der Waals surface area contributed by atoms with Crippen LogP contribution in [0.5, 0.6) is 0 Å². The van der Waals surface area contributed by atoms with Crippen molar-refractivity contribution in [3.8, 4) is 0 Å². The second-order valence-electron chi connectivity index (χ2n) is 3.87. The van der Waals surface area contributed by atoms with Crippen LogP contribution in [-0.4, -0.2) is 23.0 Å². The zero-order valence-electron chi connectivity index (χ0n) is 10.2. The Bertz CT molecular complexity index is 591. The molecule has 0 N–H and O–H groups in total. The molecule has 0 radical (unpaired) electrons. The number of carbonyl (C=O) groups is 1. The smallest absolute Gasteiger partial charge is 0.416 e. The van der Waals surface area contributed by atoms with Crippen LogP contribution in [0.15, 0.2) is 29.8 Å². The van der Waals surface area contributed by atoms with Gasteiger partial charge in [0.25, 0.3) is 0 Å². The lowest BCUT2D eigenvalue weighted by Crippen LogP contribution is -2.07. The summed E-state index contributed by atoms with van der Waals surface area (Å²) in [7, 11) is 0.759. The van der Waals surface area contributed by atoms with Crippen molar-refractivity contribution < 1.29 is 26.9 Å². The predicted octanol–water partition coefficient (Wildman–Crippen LogP) is 3.00. The number of alkyl halides is 3. The molecule has 0 saturated heterocycles. The molecule has 20 heavy (non-hydrogen) atoms. The molecule has 1 heterocycles. The maximum Gasteiger partial charge on any atom is 0.416 e. The Hall–Kier alpha value is -1.28. The van der Waals surface area contributed by atoms with Crippen LogP contribution in [0.25, 0.3) is 4.91 Å². The Balaban J connectivity index is 2.44. The van der Waals surface area contributed by atoms with Crippen LogP contribution < -0.4 is 0 Å². The minimum atomic E-state index is -4.43.